The van der Waals surface area contributed by atoms with Crippen LogP contribution in [0.2, 0.25) is 0 Å². The van der Waals surface area contributed by atoms with Crippen molar-refractivity contribution >= 4 is 0 Å². The van der Waals surface area contributed by atoms with Crippen LogP contribution in [-0.2, 0) is 13.1 Å². The summed E-state index contributed by atoms with van der Waals surface area (Å²) in [7, 11) is 0. The minimum atomic E-state index is 0.765. The van der Waals surface area contributed by atoms with Gasteiger partial charge in [0.25, 0.3) is 0 Å². The van der Waals surface area contributed by atoms with Crippen molar-refractivity contribution in [1.29, 1.82) is 0 Å². The zero-order chi connectivity index (χ0) is 13.0. The highest BCUT2D eigenvalue weighted by molar-refractivity contribution is 5.33. The Morgan fingerprint density at radius 2 is 1.94 bits per heavy atom. The number of aromatic nitrogens is 3. The van der Waals surface area contributed by atoms with Crippen molar-refractivity contribution in [2.45, 2.75) is 33.9 Å². The molecule has 0 radical (unpaired) electrons. The van der Waals surface area contributed by atoms with Crippen LogP contribution in [0.1, 0.15) is 29.4 Å². The molecule has 96 valence electrons. The molecule has 1 aromatic carbocycles. The summed E-state index contributed by atoms with van der Waals surface area (Å²) in [6.07, 6.45) is 1.63. The van der Waals surface area contributed by atoms with Gasteiger partial charge in [0, 0.05) is 0 Å². The second-order valence-corrected chi connectivity index (χ2v) is 4.48. The fraction of sp³-hybridized carbons (Fsp3) is 0.429. The predicted molar refractivity (Wildman–Crippen MR) is 72.4 cm³/mol. The first kappa shape index (κ1) is 12.8. The molecule has 0 saturated heterocycles. The summed E-state index contributed by atoms with van der Waals surface area (Å²) in [5.74, 6) is 0.986. The summed E-state index contributed by atoms with van der Waals surface area (Å²) in [6, 6.07) is 6.38. The van der Waals surface area contributed by atoms with Crippen molar-refractivity contribution in [2.24, 2.45) is 0 Å². The summed E-state index contributed by atoms with van der Waals surface area (Å²) >= 11 is 0. The van der Waals surface area contributed by atoms with Crippen molar-refractivity contribution in [3.05, 3.63) is 47.0 Å². The first-order valence-corrected chi connectivity index (χ1v) is 6.35. The molecule has 0 fully saturated rings. The van der Waals surface area contributed by atoms with Gasteiger partial charge in [-0.15, -0.1) is 0 Å². The van der Waals surface area contributed by atoms with Crippen LogP contribution < -0.4 is 5.32 Å². The van der Waals surface area contributed by atoms with E-state index in [1.165, 1.54) is 16.7 Å². The topological polar surface area (TPSA) is 42.7 Å². The molecule has 0 aliphatic carbocycles. The number of nitrogens with zero attached hydrogens (tertiary/aromatic N) is 3. The Hall–Kier alpha value is -1.68. The van der Waals surface area contributed by atoms with Crippen LogP contribution in [0.25, 0.3) is 0 Å². The zero-order valence-electron chi connectivity index (χ0n) is 11.3. The van der Waals surface area contributed by atoms with Gasteiger partial charge in [0.2, 0.25) is 0 Å². The van der Waals surface area contributed by atoms with E-state index < -0.39 is 0 Å². The molecule has 1 N–H and O–H groups in total. The van der Waals surface area contributed by atoms with Gasteiger partial charge in [-0.3, -0.25) is 0 Å². The van der Waals surface area contributed by atoms with Gasteiger partial charge >= 0.3 is 0 Å². The number of benzene rings is 1. The minimum Gasteiger partial charge on any atom is -0.310 e. The molecule has 1 aromatic heterocycles. The standard InChI is InChI=1S/C14H20N4/c1-4-15-8-14-16-10-17-18(14)9-13-11(2)6-5-7-12(13)3/h5-7,10,15H,4,8-9H2,1-3H3. The molecular weight excluding hydrogens is 224 g/mol. The van der Waals surface area contributed by atoms with Gasteiger partial charge in [-0.2, -0.15) is 5.10 Å². The first-order chi connectivity index (χ1) is 8.72. The maximum Gasteiger partial charge on any atom is 0.141 e. The second kappa shape index (κ2) is 5.78. The molecule has 0 aliphatic heterocycles. The van der Waals surface area contributed by atoms with Crippen molar-refractivity contribution in [3.63, 3.8) is 0 Å². The molecule has 2 aromatic rings. The average Bonchev–Trinajstić information content (AvgIpc) is 2.79. The molecule has 0 aliphatic rings. The third kappa shape index (κ3) is 2.76. The predicted octanol–water partition coefficient (Wildman–Crippen LogP) is 2.05. The van der Waals surface area contributed by atoms with E-state index >= 15 is 0 Å². The van der Waals surface area contributed by atoms with Crippen LogP contribution >= 0.6 is 0 Å². The van der Waals surface area contributed by atoms with Crippen LogP contribution in [0, 0.1) is 13.8 Å². The Balaban J connectivity index is 2.21. The summed E-state index contributed by atoms with van der Waals surface area (Å²) in [4.78, 5) is 4.30. The van der Waals surface area contributed by atoms with Crippen molar-refractivity contribution in [1.82, 2.24) is 20.1 Å². The quantitative estimate of drug-likeness (QED) is 0.875. The lowest BCUT2D eigenvalue weighted by Gasteiger charge is -2.11. The SMILES string of the molecule is CCNCc1ncnn1Cc1c(C)cccc1C. The van der Waals surface area contributed by atoms with Gasteiger partial charge in [-0.05, 0) is 37.1 Å². The van der Waals surface area contributed by atoms with E-state index in [0.29, 0.717) is 0 Å². The Bertz CT molecular complexity index is 496. The molecular formula is C14H20N4. The van der Waals surface area contributed by atoms with E-state index in [-0.39, 0.29) is 0 Å². The van der Waals surface area contributed by atoms with Crippen molar-refractivity contribution in [2.75, 3.05) is 6.54 Å². The average molecular weight is 244 g/mol. The zero-order valence-corrected chi connectivity index (χ0v) is 11.3. The van der Waals surface area contributed by atoms with Crippen LogP contribution in [0.15, 0.2) is 24.5 Å². The van der Waals surface area contributed by atoms with Crippen LogP contribution in [0.5, 0.6) is 0 Å². The van der Waals surface area contributed by atoms with Crippen LogP contribution in [0.4, 0.5) is 0 Å². The van der Waals surface area contributed by atoms with Gasteiger partial charge in [0.15, 0.2) is 0 Å². The van der Waals surface area contributed by atoms with Crippen LogP contribution in [0.3, 0.4) is 0 Å². The third-order valence-electron chi connectivity index (χ3n) is 3.18. The number of hydrogen-bond acceptors (Lipinski definition) is 3. The Morgan fingerprint density at radius 3 is 2.61 bits per heavy atom. The van der Waals surface area contributed by atoms with E-state index in [0.717, 1.165) is 25.5 Å². The highest BCUT2D eigenvalue weighted by Crippen LogP contribution is 2.14. The van der Waals surface area contributed by atoms with Gasteiger partial charge in [-0.1, -0.05) is 25.1 Å². The largest absolute Gasteiger partial charge is 0.310 e. The van der Waals surface area contributed by atoms with Gasteiger partial charge in [-0.25, -0.2) is 9.67 Å². The molecule has 0 atom stereocenters. The van der Waals surface area contributed by atoms with E-state index in [2.05, 4.69) is 54.4 Å². The van der Waals surface area contributed by atoms with E-state index in [1.54, 1.807) is 6.33 Å². The monoisotopic (exact) mass is 244 g/mol. The van der Waals surface area contributed by atoms with Gasteiger partial charge in [0.1, 0.15) is 12.2 Å². The molecule has 4 nitrogen and oxygen atoms in total. The number of hydrogen-bond donors (Lipinski definition) is 1. The maximum atomic E-state index is 4.31. The van der Waals surface area contributed by atoms with E-state index in [1.807, 2.05) is 4.68 Å². The fourth-order valence-corrected chi connectivity index (χ4v) is 2.04. The number of nitrogens with one attached hydrogen (secondary N) is 1. The van der Waals surface area contributed by atoms with Crippen LogP contribution in [-0.4, -0.2) is 21.3 Å². The van der Waals surface area contributed by atoms with E-state index in [4.69, 9.17) is 0 Å². The highest BCUT2D eigenvalue weighted by Gasteiger charge is 2.07. The molecule has 18 heavy (non-hydrogen) atoms. The lowest BCUT2D eigenvalue weighted by molar-refractivity contribution is 0.593. The number of rotatable bonds is 5. The van der Waals surface area contributed by atoms with Crippen molar-refractivity contribution in [3.8, 4) is 0 Å². The number of aryl methyl sites for hydroxylation is 2. The maximum absolute atomic E-state index is 4.31. The normalized spacial score (nSPS) is 10.8. The highest BCUT2D eigenvalue weighted by atomic mass is 15.3. The second-order valence-electron chi connectivity index (χ2n) is 4.48. The smallest absolute Gasteiger partial charge is 0.141 e. The Kier molecular flexibility index (Phi) is 4.10. The van der Waals surface area contributed by atoms with Crippen molar-refractivity contribution < 1.29 is 0 Å². The summed E-state index contributed by atoms with van der Waals surface area (Å²) in [6.45, 7) is 8.87. The molecule has 4 heteroatoms. The molecule has 0 bridgehead atoms. The third-order valence-corrected chi connectivity index (χ3v) is 3.18. The van der Waals surface area contributed by atoms with Gasteiger partial charge < -0.3 is 5.32 Å². The summed E-state index contributed by atoms with van der Waals surface area (Å²) in [5.41, 5.74) is 3.94. The molecule has 0 unspecified atom stereocenters. The lowest BCUT2D eigenvalue weighted by atomic mass is 10.0. The molecule has 0 amide bonds. The molecule has 0 spiro atoms. The molecule has 1 heterocycles. The van der Waals surface area contributed by atoms with Gasteiger partial charge in [0.05, 0.1) is 13.1 Å². The lowest BCUT2D eigenvalue weighted by Crippen LogP contribution is -2.18. The Labute approximate surface area is 108 Å². The fourth-order valence-electron chi connectivity index (χ4n) is 2.04. The van der Waals surface area contributed by atoms with E-state index in [9.17, 15) is 0 Å². The minimum absolute atomic E-state index is 0.765. The molecule has 2 rings (SSSR count). The Morgan fingerprint density at radius 1 is 1.22 bits per heavy atom. The first-order valence-electron chi connectivity index (χ1n) is 6.35. The summed E-state index contributed by atoms with van der Waals surface area (Å²) < 4.78 is 1.97. The molecule has 0 saturated carbocycles. The summed E-state index contributed by atoms with van der Waals surface area (Å²) in [5, 5.41) is 7.59.